The molecule has 20 heavy (non-hydrogen) atoms. The lowest BCUT2D eigenvalue weighted by atomic mass is 10.0. The third-order valence-corrected chi connectivity index (χ3v) is 4.09. The fraction of sp³-hybridized carbons (Fsp3) is 0.933. The molecule has 1 saturated carbocycles. The Morgan fingerprint density at radius 1 is 1.35 bits per heavy atom. The van der Waals surface area contributed by atoms with Crippen LogP contribution in [-0.4, -0.2) is 56.0 Å². The Kier molecular flexibility index (Phi) is 4.59. The van der Waals surface area contributed by atoms with Gasteiger partial charge in [0.25, 0.3) is 0 Å². The van der Waals surface area contributed by atoms with Crippen LogP contribution in [0.2, 0.25) is 0 Å². The summed E-state index contributed by atoms with van der Waals surface area (Å²) in [7, 11) is 1.76. The average molecular weight is 284 g/mol. The Balaban J connectivity index is 1.61. The summed E-state index contributed by atoms with van der Waals surface area (Å²) in [4.78, 5) is 13.6. The van der Waals surface area contributed by atoms with Gasteiger partial charge in [-0.2, -0.15) is 0 Å². The molecule has 2 rings (SSSR count). The summed E-state index contributed by atoms with van der Waals surface area (Å²) in [5.41, 5.74) is 0.0518. The normalized spacial score (nSPS) is 21.5. The van der Waals surface area contributed by atoms with Gasteiger partial charge in [0, 0.05) is 39.4 Å². The van der Waals surface area contributed by atoms with Crippen LogP contribution in [0.25, 0.3) is 0 Å². The Hall–Kier alpha value is -0.810. The molecule has 1 N–H and O–H groups in total. The molecule has 1 aliphatic carbocycles. The van der Waals surface area contributed by atoms with Crippen LogP contribution in [-0.2, 0) is 9.47 Å². The molecule has 1 saturated heterocycles. The minimum Gasteiger partial charge on any atom is -0.444 e. The molecule has 0 unspecified atom stereocenters. The highest BCUT2D eigenvalue weighted by Gasteiger charge is 2.43. The molecule has 1 aliphatic heterocycles. The Morgan fingerprint density at radius 2 is 2.00 bits per heavy atom. The van der Waals surface area contributed by atoms with E-state index in [4.69, 9.17) is 9.47 Å². The van der Waals surface area contributed by atoms with E-state index in [0.29, 0.717) is 11.5 Å². The van der Waals surface area contributed by atoms with Gasteiger partial charge in [-0.1, -0.05) is 0 Å². The van der Waals surface area contributed by atoms with Crippen molar-refractivity contribution in [1.29, 1.82) is 0 Å². The maximum atomic E-state index is 11.8. The number of carbonyl (C=O) groups excluding carboxylic acids is 1. The van der Waals surface area contributed by atoms with E-state index in [9.17, 15) is 4.79 Å². The Labute approximate surface area is 122 Å². The molecule has 0 bridgehead atoms. The lowest BCUT2D eigenvalue weighted by molar-refractivity contribution is 0.00477. The molecule has 0 spiro atoms. The monoisotopic (exact) mass is 284 g/mol. The van der Waals surface area contributed by atoms with Crippen molar-refractivity contribution in [2.45, 2.75) is 51.7 Å². The van der Waals surface area contributed by atoms with Gasteiger partial charge in [0.1, 0.15) is 5.60 Å². The van der Waals surface area contributed by atoms with Crippen LogP contribution >= 0.6 is 0 Å². The van der Waals surface area contributed by atoms with Gasteiger partial charge in [0.2, 0.25) is 0 Å². The Morgan fingerprint density at radius 3 is 2.50 bits per heavy atom. The van der Waals surface area contributed by atoms with Gasteiger partial charge >= 0.3 is 6.09 Å². The summed E-state index contributed by atoms with van der Waals surface area (Å²) >= 11 is 0. The molecule has 1 heterocycles. The highest BCUT2D eigenvalue weighted by atomic mass is 16.6. The SMILES string of the molecule is COCCC1(CNC2CN(C(=O)OC(C)(C)C)C2)CC1. The highest BCUT2D eigenvalue weighted by molar-refractivity contribution is 5.69. The number of rotatable bonds is 6. The van der Waals surface area contributed by atoms with E-state index in [0.717, 1.165) is 32.7 Å². The van der Waals surface area contributed by atoms with Gasteiger partial charge in [-0.3, -0.25) is 0 Å². The molecule has 0 aromatic heterocycles. The number of methoxy groups -OCH3 is 1. The number of hydrogen-bond donors (Lipinski definition) is 1. The second-order valence-electron chi connectivity index (χ2n) is 7.21. The second-order valence-corrected chi connectivity index (χ2v) is 7.21. The lowest BCUT2D eigenvalue weighted by Gasteiger charge is -2.40. The maximum Gasteiger partial charge on any atom is 0.410 e. The predicted molar refractivity (Wildman–Crippen MR) is 77.8 cm³/mol. The van der Waals surface area contributed by atoms with Crippen LogP contribution in [0.4, 0.5) is 4.79 Å². The molecule has 0 aromatic rings. The number of carbonyl (C=O) groups is 1. The number of nitrogens with zero attached hydrogens (tertiary/aromatic N) is 1. The van der Waals surface area contributed by atoms with Crippen molar-refractivity contribution < 1.29 is 14.3 Å². The molecule has 0 radical (unpaired) electrons. The van der Waals surface area contributed by atoms with E-state index in [1.807, 2.05) is 20.8 Å². The molecule has 0 atom stereocenters. The summed E-state index contributed by atoms with van der Waals surface area (Å²) in [6.45, 7) is 9.09. The van der Waals surface area contributed by atoms with E-state index in [1.165, 1.54) is 12.8 Å². The standard InChI is InChI=1S/C15H28N2O3/c1-14(2,3)20-13(18)17-9-12(10-17)16-11-15(5-6-15)7-8-19-4/h12,16H,5-11H2,1-4H3. The molecular formula is C15H28N2O3. The summed E-state index contributed by atoms with van der Waals surface area (Å²) in [5, 5.41) is 3.57. The second kappa shape index (κ2) is 5.90. The van der Waals surface area contributed by atoms with E-state index in [1.54, 1.807) is 12.0 Å². The number of amides is 1. The van der Waals surface area contributed by atoms with Crippen molar-refractivity contribution in [2.24, 2.45) is 5.41 Å². The van der Waals surface area contributed by atoms with Gasteiger partial charge in [-0.15, -0.1) is 0 Å². The maximum absolute atomic E-state index is 11.8. The first-order valence-corrected chi connectivity index (χ1v) is 7.54. The first-order valence-electron chi connectivity index (χ1n) is 7.54. The Bertz CT molecular complexity index is 342. The van der Waals surface area contributed by atoms with Gasteiger partial charge in [-0.05, 0) is 45.4 Å². The predicted octanol–water partition coefficient (Wildman–Crippen LogP) is 2.01. The van der Waals surface area contributed by atoms with Crippen molar-refractivity contribution in [3.05, 3.63) is 0 Å². The van der Waals surface area contributed by atoms with Crippen molar-refractivity contribution in [3.63, 3.8) is 0 Å². The summed E-state index contributed by atoms with van der Waals surface area (Å²) in [6, 6.07) is 0.419. The first-order chi connectivity index (χ1) is 9.34. The zero-order valence-corrected chi connectivity index (χ0v) is 13.2. The van der Waals surface area contributed by atoms with Crippen molar-refractivity contribution in [3.8, 4) is 0 Å². The highest BCUT2D eigenvalue weighted by Crippen LogP contribution is 2.48. The minimum atomic E-state index is -0.409. The van der Waals surface area contributed by atoms with Crippen LogP contribution in [0.3, 0.4) is 0 Å². The van der Waals surface area contributed by atoms with Crippen LogP contribution in [0.15, 0.2) is 0 Å². The summed E-state index contributed by atoms with van der Waals surface area (Å²) in [5.74, 6) is 0. The topological polar surface area (TPSA) is 50.8 Å². The number of ether oxygens (including phenoxy) is 2. The fourth-order valence-electron chi connectivity index (χ4n) is 2.45. The summed E-state index contributed by atoms with van der Waals surface area (Å²) in [6.07, 6.45) is 3.53. The third kappa shape index (κ3) is 4.35. The van der Waals surface area contributed by atoms with Crippen LogP contribution in [0.1, 0.15) is 40.0 Å². The fourth-order valence-corrected chi connectivity index (χ4v) is 2.45. The van der Waals surface area contributed by atoms with E-state index >= 15 is 0 Å². The van der Waals surface area contributed by atoms with Gasteiger partial charge < -0.3 is 19.7 Å². The molecule has 5 heteroatoms. The molecular weight excluding hydrogens is 256 g/mol. The number of nitrogens with one attached hydrogen (secondary N) is 1. The third-order valence-electron chi connectivity index (χ3n) is 4.09. The molecule has 0 aromatic carbocycles. The zero-order chi connectivity index (χ0) is 14.8. The van der Waals surface area contributed by atoms with Crippen molar-refractivity contribution in [2.75, 3.05) is 33.4 Å². The lowest BCUT2D eigenvalue weighted by Crippen LogP contribution is -2.61. The summed E-state index contributed by atoms with van der Waals surface area (Å²) < 4.78 is 10.5. The number of hydrogen-bond acceptors (Lipinski definition) is 4. The molecule has 5 nitrogen and oxygen atoms in total. The van der Waals surface area contributed by atoms with Crippen molar-refractivity contribution in [1.82, 2.24) is 10.2 Å². The molecule has 2 fully saturated rings. The van der Waals surface area contributed by atoms with E-state index in [2.05, 4.69) is 5.32 Å². The minimum absolute atomic E-state index is 0.198. The first kappa shape index (κ1) is 15.6. The van der Waals surface area contributed by atoms with Crippen molar-refractivity contribution >= 4 is 6.09 Å². The zero-order valence-electron chi connectivity index (χ0n) is 13.2. The quantitative estimate of drug-likeness (QED) is 0.810. The average Bonchev–Trinajstić information content (AvgIpc) is 3.02. The number of likely N-dealkylation sites (tertiary alicyclic amines) is 1. The van der Waals surface area contributed by atoms with Gasteiger partial charge in [0.05, 0.1) is 0 Å². The van der Waals surface area contributed by atoms with Gasteiger partial charge in [0.15, 0.2) is 0 Å². The van der Waals surface area contributed by atoms with Crippen LogP contribution in [0, 0.1) is 5.41 Å². The van der Waals surface area contributed by atoms with Crippen LogP contribution in [0.5, 0.6) is 0 Å². The van der Waals surface area contributed by atoms with Gasteiger partial charge in [-0.25, -0.2) is 4.79 Å². The molecule has 116 valence electrons. The van der Waals surface area contributed by atoms with Crippen LogP contribution < -0.4 is 5.32 Å². The molecule has 2 aliphatic rings. The smallest absolute Gasteiger partial charge is 0.410 e. The largest absolute Gasteiger partial charge is 0.444 e. The van der Waals surface area contributed by atoms with E-state index in [-0.39, 0.29) is 6.09 Å². The van der Waals surface area contributed by atoms with E-state index < -0.39 is 5.60 Å². The molecule has 1 amide bonds.